The molecule has 0 aromatic carbocycles. The largest absolute Gasteiger partial charge is 0.299 e. The van der Waals surface area contributed by atoms with Crippen molar-refractivity contribution < 1.29 is 0 Å². The molecule has 3 heteroatoms. The maximum absolute atomic E-state index is 8.90. The Morgan fingerprint density at radius 1 is 1.12 bits per heavy atom. The third kappa shape index (κ3) is 9.02. The number of hydrogen-bond acceptors (Lipinski definition) is 3. The number of nitriles is 1. The quantitative estimate of drug-likeness (QED) is 0.434. The third-order valence-electron chi connectivity index (χ3n) is 4.31. The van der Waals surface area contributed by atoms with Gasteiger partial charge in [-0.25, -0.2) is 0 Å². The highest BCUT2D eigenvalue weighted by Crippen LogP contribution is 2.34. The van der Waals surface area contributed by atoms with Crippen molar-refractivity contribution in [1.82, 2.24) is 4.90 Å². The lowest BCUT2D eigenvalue weighted by Gasteiger charge is -2.38. The number of hydrogen-bond donors (Lipinski definition) is 0. The lowest BCUT2D eigenvalue weighted by Crippen LogP contribution is -2.39. The molecular weight excluding hydrogens is 306 g/mol. The zero-order chi connectivity index (χ0) is 19.3. The van der Waals surface area contributed by atoms with Crippen LogP contribution in [0.2, 0.25) is 0 Å². The lowest BCUT2D eigenvalue weighted by atomic mass is 9.78. The van der Waals surface area contributed by atoms with E-state index in [1.807, 2.05) is 26.0 Å². The van der Waals surface area contributed by atoms with Crippen LogP contribution in [0.3, 0.4) is 0 Å². The molecule has 1 fully saturated rings. The predicted molar refractivity (Wildman–Crippen MR) is 111 cm³/mol. The molecule has 3 nitrogen and oxygen atoms in total. The van der Waals surface area contributed by atoms with E-state index in [0.717, 1.165) is 49.2 Å². The molecule has 1 saturated heterocycles. The van der Waals surface area contributed by atoms with Crippen LogP contribution in [0, 0.1) is 16.7 Å². The van der Waals surface area contributed by atoms with Gasteiger partial charge in [-0.1, -0.05) is 52.7 Å². The topological polar surface area (TPSA) is 39.4 Å². The van der Waals surface area contributed by atoms with E-state index in [4.69, 9.17) is 5.26 Å². The van der Waals surface area contributed by atoms with Gasteiger partial charge in [0, 0.05) is 19.2 Å². The molecule has 0 atom stereocenters. The Hall–Kier alpha value is -2.18. The number of rotatable bonds is 8. The second-order valence-corrected chi connectivity index (χ2v) is 6.46. The molecule has 0 radical (unpaired) electrons. The van der Waals surface area contributed by atoms with E-state index < -0.39 is 0 Å². The number of piperidine rings is 1. The second-order valence-electron chi connectivity index (χ2n) is 6.46. The minimum Gasteiger partial charge on any atom is -0.299 e. The first-order chi connectivity index (χ1) is 11.9. The highest BCUT2D eigenvalue weighted by Gasteiger charge is 2.29. The molecule has 0 N–H and O–H groups in total. The van der Waals surface area contributed by atoms with E-state index in [-0.39, 0.29) is 5.41 Å². The van der Waals surface area contributed by atoms with Crippen LogP contribution < -0.4 is 0 Å². The molecule has 0 aromatic rings. The molecule has 1 heterocycles. The molecule has 1 rings (SSSR count). The summed E-state index contributed by atoms with van der Waals surface area (Å²) in [6.45, 7) is 24.5. The van der Waals surface area contributed by atoms with Gasteiger partial charge in [0.2, 0.25) is 0 Å². The van der Waals surface area contributed by atoms with E-state index in [1.165, 1.54) is 0 Å². The highest BCUT2D eigenvalue weighted by atomic mass is 15.1. The predicted octanol–water partition coefficient (Wildman–Crippen LogP) is 5.47. The van der Waals surface area contributed by atoms with Gasteiger partial charge in [-0.05, 0) is 60.9 Å². The van der Waals surface area contributed by atoms with Crippen LogP contribution in [0.1, 0.15) is 40.0 Å². The smallest absolute Gasteiger partial charge is 0.0627 e. The summed E-state index contributed by atoms with van der Waals surface area (Å²) in [7, 11) is 0. The number of nitrogens with zero attached hydrogens (tertiary/aromatic N) is 3. The molecule has 0 bridgehead atoms. The Bertz CT molecular complexity index is 565. The Labute approximate surface area is 154 Å². The van der Waals surface area contributed by atoms with Gasteiger partial charge in [-0.3, -0.25) is 9.89 Å². The van der Waals surface area contributed by atoms with Crippen LogP contribution in [0.5, 0.6) is 0 Å². The fourth-order valence-corrected chi connectivity index (χ4v) is 2.53. The summed E-state index contributed by atoms with van der Waals surface area (Å²) in [5, 5.41) is 8.90. The average Bonchev–Trinajstić information content (AvgIpc) is 2.61. The lowest BCUT2D eigenvalue weighted by molar-refractivity contribution is 0.130. The van der Waals surface area contributed by atoms with Crippen LogP contribution in [-0.4, -0.2) is 31.3 Å². The molecule has 0 aromatic heterocycles. The average molecular weight is 340 g/mol. The summed E-state index contributed by atoms with van der Waals surface area (Å²) in [4.78, 5) is 6.05. The maximum atomic E-state index is 8.90. The van der Waals surface area contributed by atoms with Crippen molar-refractivity contribution in [3.63, 3.8) is 0 Å². The van der Waals surface area contributed by atoms with E-state index in [2.05, 4.69) is 49.3 Å². The van der Waals surface area contributed by atoms with Crippen molar-refractivity contribution in [2.75, 3.05) is 19.6 Å². The molecule has 1 aliphatic heterocycles. The normalized spacial score (nSPS) is 16.7. The molecular formula is C22H33N3. The van der Waals surface area contributed by atoms with Gasteiger partial charge >= 0.3 is 0 Å². The van der Waals surface area contributed by atoms with Gasteiger partial charge < -0.3 is 0 Å². The minimum absolute atomic E-state index is 0.181. The van der Waals surface area contributed by atoms with E-state index in [1.54, 1.807) is 12.3 Å². The zero-order valence-corrected chi connectivity index (χ0v) is 16.2. The summed E-state index contributed by atoms with van der Waals surface area (Å²) in [5.74, 6) is 0. The van der Waals surface area contributed by atoms with Crippen LogP contribution in [-0.2, 0) is 0 Å². The van der Waals surface area contributed by atoms with Crippen molar-refractivity contribution in [3.05, 3.63) is 60.9 Å². The van der Waals surface area contributed by atoms with Gasteiger partial charge in [0.05, 0.1) is 6.07 Å². The minimum atomic E-state index is 0.181. The number of likely N-dealkylation sites (tertiary alicyclic amines) is 1. The summed E-state index contributed by atoms with van der Waals surface area (Å²) in [6, 6.07) is 2.31. The first kappa shape index (κ1) is 22.8. The Balaban J connectivity index is 0.00000277. The van der Waals surface area contributed by atoms with Crippen molar-refractivity contribution >= 4 is 6.72 Å². The van der Waals surface area contributed by atoms with Gasteiger partial charge in [0.15, 0.2) is 0 Å². The maximum Gasteiger partial charge on any atom is 0.0627 e. The molecule has 0 saturated carbocycles. The van der Waals surface area contributed by atoms with E-state index in [9.17, 15) is 0 Å². The van der Waals surface area contributed by atoms with Crippen molar-refractivity contribution in [3.8, 4) is 6.07 Å². The molecule has 25 heavy (non-hydrogen) atoms. The molecule has 136 valence electrons. The number of aliphatic imine (C=N–C) groups is 1. The van der Waals surface area contributed by atoms with Crippen LogP contribution in [0.15, 0.2) is 65.9 Å². The van der Waals surface area contributed by atoms with Crippen molar-refractivity contribution in [2.24, 2.45) is 10.4 Å². The van der Waals surface area contributed by atoms with Crippen LogP contribution in [0.4, 0.5) is 0 Å². The summed E-state index contributed by atoms with van der Waals surface area (Å²) in [6.07, 6.45) is 10.1. The monoisotopic (exact) mass is 339 g/mol. The standard InChI is InChI=1S/C20H27N3.C2H6/c1-17(6-7-18(2)19(3)8-13-22-5)16-23-14-10-20(4,9-12-21)11-15-23;1-2/h6-8,13H,1-3,5,9-11,14-16H2,4H3;1-2H3/b7-6-,13-8-;. The first-order valence-corrected chi connectivity index (χ1v) is 8.86. The zero-order valence-electron chi connectivity index (χ0n) is 16.2. The Kier molecular flexibility index (Phi) is 11.2. The highest BCUT2D eigenvalue weighted by molar-refractivity contribution is 5.44. The van der Waals surface area contributed by atoms with E-state index in [0.29, 0.717) is 6.42 Å². The fraction of sp³-hybridized carbons (Fsp3) is 0.455. The molecule has 0 unspecified atom stereocenters. The SMILES string of the molecule is C=N/C=C\C(=C)C(=C)/C=C\C(=C)CN1CCC(C)(CC#N)CC1.CC. The summed E-state index contributed by atoms with van der Waals surface area (Å²) in [5.41, 5.74) is 2.88. The molecule has 0 aliphatic carbocycles. The van der Waals surface area contributed by atoms with Gasteiger partial charge in [0.1, 0.15) is 0 Å². The van der Waals surface area contributed by atoms with Crippen LogP contribution >= 0.6 is 0 Å². The number of allylic oxidation sites excluding steroid dienone is 4. The van der Waals surface area contributed by atoms with Gasteiger partial charge in [-0.15, -0.1) is 0 Å². The summed E-state index contributed by atoms with van der Waals surface area (Å²) < 4.78 is 0. The van der Waals surface area contributed by atoms with Gasteiger partial charge in [-0.2, -0.15) is 5.26 Å². The third-order valence-corrected chi connectivity index (χ3v) is 4.31. The summed E-state index contributed by atoms with van der Waals surface area (Å²) >= 11 is 0. The van der Waals surface area contributed by atoms with Crippen molar-refractivity contribution in [1.29, 1.82) is 5.26 Å². The second kappa shape index (κ2) is 12.2. The molecule has 0 amide bonds. The van der Waals surface area contributed by atoms with E-state index >= 15 is 0 Å². The van der Waals surface area contributed by atoms with Gasteiger partial charge in [0.25, 0.3) is 0 Å². The molecule has 1 aliphatic rings. The Morgan fingerprint density at radius 2 is 1.68 bits per heavy atom. The van der Waals surface area contributed by atoms with Crippen LogP contribution in [0.25, 0.3) is 0 Å². The first-order valence-electron chi connectivity index (χ1n) is 8.86. The molecule has 0 spiro atoms. The Morgan fingerprint density at radius 3 is 2.20 bits per heavy atom. The fourth-order valence-electron chi connectivity index (χ4n) is 2.53. The van der Waals surface area contributed by atoms with Crippen molar-refractivity contribution in [2.45, 2.75) is 40.0 Å².